The van der Waals surface area contributed by atoms with Crippen molar-refractivity contribution in [2.75, 3.05) is 0 Å². The third-order valence-electron chi connectivity index (χ3n) is 10.7. The van der Waals surface area contributed by atoms with Gasteiger partial charge in [0.05, 0.1) is 6.10 Å². The van der Waals surface area contributed by atoms with Gasteiger partial charge in [-0.2, -0.15) is 0 Å². The third kappa shape index (κ3) is 5.04. The fourth-order valence-corrected chi connectivity index (χ4v) is 8.18. The molecule has 1 N–H and O–H groups in total. The molecule has 0 heterocycles. The summed E-state index contributed by atoms with van der Waals surface area (Å²) in [5, 5.41) is 10.4. The molecule has 3 aliphatic carbocycles. The van der Waals surface area contributed by atoms with Crippen LogP contribution in [-0.4, -0.2) is 22.8 Å². The average Bonchev–Trinajstić information content (AvgIpc) is 3.05. The Labute approximate surface area is 203 Å². The monoisotopic (exact) mass is 458 g/mol. The van der Waals surface area contributed by atoms with Crippen LogP contribution in [0.2, 0.25) is 0 Å². The maximum atomic E-state index is 13.2. The Kier molecular flexibility index (Phi) is 8.35. The van der Waals surface area contributed by atoms with Crippen LogP contribution in [0.5, 0.6) is 0 Å². The van der Waals surface area contributed by atoms with Gasteiger partial charge in [0.1, 0.15) is 11.6 Å². The molecule has 0 aromatic heterocycles. The van der Waals surface area contributed by atoms with E-state index in [0.29, 0.717) is 48.6 Å². The van der Waals surface area contributed by atoms with Crippen LogP contribution >= 0.6 is 0 Å². The lowest BCUT2D eigenvalue weighted by Crippen LogP contribution is -2.49. The van der Waals surface area contributed by atoms with Crippen LogP contribution < -0.4 is 0 Å². The molecular weight excluding hydrogens is 408 g/mol. The molecule has 0 spiro atoms. The number of ketones is 2. The minimum Gasteiger partial charge on any atom is -0.389 e. The fourth-order valence-electron chi connectivity index (χ4n) is 8.18. The van der Waals surface area contributed by atoms with E-state index in [4.69, 9.17) is 0 Å². The van der Waals surface area contributed by atoms with Crippen molar-refractivity contribution in [2.45, 2.75) is 118 Å². The highest BCUT2D eigenvalue weighted by atomic mass is 16.3. The molecule has 3 saturated carbocycles. The number of aliphatic hydroxyl groups is 1. The summed E-state index contributed by atoms with van der Waals surface area (Å²) in [5.41, 5.74) is 0.524. The van der Waals surface area contributed by atoms with Gasteiger partial charge in [0, 0.05) is 24.2 Å². The van der Waals surface area contributed by atoms with Gasteiger partial charge in [-0.05, 0) is 85.5 Å². The van der Waals surface area contributed by atoms with Crippen molar-refractivity contribution < 1.29 is 14.7 Å². The molecule has 8 atom stereocenters. The zero-order valence-corrected chi connectivity index (χ0v) is 22.3. The summed E-state index contributed by atoms with van der Waals surface area (Å²) in [6.45, 7) is 18.0. The molecule has 3 rings (SSSR count). The quantitative estimate of drug-likeness (QED) is 0.373. The standard InChI is InChI=1S/C30H50O3/c1-8-22(19(2)3)10-9-20(4)23-12-14-28(33)30(23,7)17-15-25-27(32)13-11-24-21(5)26(31)16-18-29(24,25)6/h19-20,22-26,31H,5,8-18H2,1-4,6-7H3/t20-,22+,23-,24+,25+,26+,29+,30-/m1/s1. The number of carbonyl (C=O) groups excluding carboxylic acids is 2. The molecular formula is C30H50O3. The van der Waals surface area contributed by atoms with E-state index >= 15 is 0 Å². The molecule has 0 radical (unpaired) electrons. The van der Waals surface area contributed by atoms with Crippen LogP contribution in [0, 0.1) is 46.3 Å². The van der Waals surface area contributed by atoms with E-state index in [1.54, 1.807) is 0 Å². The minimum atomic E-state index is -0.422. The summed E-state index contributed by atoms with van der Waals surface area (Å²) in [7, 11) is 0. The van der Waals surface area contributed by atoms with Gasteiger partial charge in [0.25, 0.3) is 0 Å². The van der Waals surface area contributed by atoms with Gasteiger partial charge in [0.2, 0.25) is 0 Å². The van der Waals surface area contributed by atoms with Gasteiger partial charge in [-0.25, -0.2) is 0 Å². The molecule has 33 heavy (non-hydrogen) atoms. The SMILES string of the molecule is C=C1[C@@H](O)CC[C@@]2(C)[C@H]1CCC(=O)[C@@H]2CC[C@@]1(C)C(=O)CC[C@@H]1[C@H](C)CC[C@H](CC)C(C)C. The van der Waals surface area contributed by atoms with Crippen molar-refractivity contribution in [3.05, 3.63) is 12.2 Å². The van der Waals surface area contributed by atoms with Gasteiger partial charge in [-0.1, -0.05) is 61.0 Å². The molecule has 0 saturated heterocycles. The Morgan fingerprint density at radius 1 is 1.06 bits per heavy atom. The second kappa shape index (κ2) is 10.3. The first-order valence-electron chi connectivity index (χ1n) is 13.9. The summed E-state index contributed by atoms with van der Waals surface area (Å²) in [5.74, 6) is 3.48. The normalized spacial score (nSPS) is 39.1. The Bertz CT molecular complexity index is 739. The molecule has 0 amide bonds. The first-order valence-corrected chi connectivity index (χ1v) is 13.9. The van der Waals surface area contributed by atoms with Crippen LogP contribution in [-0.2, 0) is 9.59 Å². The van der Waals surface area contributed by atoms with Crippen molar-refractivity contribution in [2.24, 2.45) is 46.3 Å². The van der Waals surface area contributed by atoms with Crippen molar-refractivity contribution in [3.63, 3.8) is 0 Å². The van der Waals surface area contributed by atoms with Crippen molar-refractivity contribution in [1.82, 2.24) is 0 Å². The van der Waals surface area contributed by atoms with Crippen molar-refractivity contribution in [1.29, 1.82) is 0 Å². The van der Waals surface area contributed by atoms with Crippen LogP contribution in [0.15, 0.2) is 12.2 Å². The smallest absolute Gasteiger partial charge is 0.139 e. The number of Topliss-reactive ketones (excluding diaryl/α,β-unsaturated/α-hetero) is 2. The van der Waals surface area contributed by atoms with Gasteiger partial charge in [-0.15, -0.1) is 0 Å². The van der Waals surface area contributed by atoms with E-state index in [1.165, 1.54) is 19.3 Å². The van der Waals surface area contributed by atoms with E-state index in [9.17, 15) is 14.7 Å². The Hall–Kier alpha value is -0.960. The molecule has 3 fully saturated rings. The highest BCUT2D eigenvalue weighted by Gasteiger charge is 2.53. The average molecular weight is 459 g/mol. The number of rotatable bonds is 9. The van der Waals surface area contributed by atoms with E-state index in [2.05, 4.69) is 48.1 Å². The van der Waals surface area contributed by atoms with E-state index in [-0.39, 0.29) is 22.7 Å². The van der Waals surface area contributed by atoms with E-state index < -0.39 is 6.10 Å². The predicted molar refractivity (Wildman–Crippen MR) is 136 cm³/mol. The van der Waals surface area contributed by atoms with Crippen LogP contribution in [0.1, 0.15) is 112 Å². The third-order valence-corrected chi connectivity index (χ3v) is 10.7. The lowest BCUT2D eigenvalue weighted by atomic mass is 9.52. The maximum Gasteiger partial charge on any atom is 0.139 e. The summed E-state index contributed by atoms with van der Waals surface area (Å²) in [4.78, 5) is 26.3. The van der Waals surface area contributed by atoms with E-state index in [0.717, 1.165) is 43.6 Å². The Balaban J connectivity index is 1.71. The molecule has 3 aliphatic rings. The largest absolute Gasteiger partial charge is 0.389 e. The van der Waals surface area contributed by atoms with Gasteiger partial charge in [-0.3, -0.25) is 9.59 Å². The molecule has 0 bridgehead atoms. The number of fused-ring (bicyclic) bond motifs is 1. The van der Waals surface area contributed by atoms with Crippen molar-refractivity contribution >= 4 is 11.6 Å². The van der Waals surface area contributed by atoms with Crippen LogP contribution in [0.4, 0.5) is 0 Å². The van der Waals surface area contributed by atoms with Crippen molar-refractivity contribution in [3.8, 4) is 0 Å². The second-order valence-electron chi connectivity index (χ2n) is 12.7. The molecule has 0 aromatic rings. The zero-order chi connectivity index (χ0) is 24.6. The number of hydrogen-bond acceptors (Lipinski definition) is 3. The topological polar surface area (TPSA) is 54.4 Å². The lowest BCUT2D eigenvalue weighted by molar-refractivity contribution is -0.137. The fraction of sp³-hybridized carbons (Fsp3) is 0.867. The Morgan fingerprint density at radius 2 is 1.76 bits per heavy atom. The number of aliphatic hydroxyl groups excluding tert-OH is 1. The summed E-state index contributed by atoms with van der Waals surface area (Å²) >= 11 is 0. The molecule has 3 nitrogen and oxygen atoms in total. The predicted octanol–water partition coefficient (Wildman–Crippen LogP) is 7.16. The summed E-state index contributed by atoms with van der Waals surface area (Å²) in [6.07, 6.45) is 9.62. The van der Waals surface area contributed by atoms with Gasteiger partial charge >= 0.3 is 0 Å². The van der Waals surface area contributed by atoms with E-state index in [1.807, 2.05) is 0 Å². The lowest BCUT2D eigenvalue weighted by Gasteiger charge is -2.52. The highest BCUT2D eigenvalue weighted by Crippen LogP contribution is 2.57. The number of hydrogen-bond donors (Lipinski definition) is 1. The highest BCUT2D eigenvalue weighted by molar-refractivity contribution is 5.87. The molecule has 0 aromatic carbocycles. The van der Waals surface area contributed by atoms with Crippen LogP contribution in [0.3, 0.4) is 0 Å². The second-order valence-corrected chi connectivity index (χ2v) is 12.7. The first kappa shape index (κ1) is 26.6. The zero-order valence-electron chi connectivity index (χ0n) is 22.3. The first-order chi connectivity index (χ1) is 15.5. The van der Waals surface area contributed by atoms with Crippen LogP contribution in [0.25, 0.3) is 0 Å². The van der Waals surface area contributed by atoms with Gasteiger partial charge < -0.3 is 5.11 Å². The summed E-state index contributed by atoms with van der Waals surface area (Å²) in [6, 6.07) is 0. The number of carbonyl (C=O) groups is 2. The van der Waals surface area contributed by atoms with Gasteiger partial charge in [0.15, 0.2) is 0 Å². The molecule has 3 heteroatoms. The maximum absolute atomic E-state index is 13.2. The minimum absolute atomic E-state index is 0.00732. The summed E-state index contributed by atoms with van der Waals surface area (Å²) < 4.78 is 0. The molecule has 0 unspecified atom stereocenters. The molecule has 0 aliphatic heterocycles. The Morgan fingerprint density at radius 3 is 2.39 bits per heavy atom. The molecule has 188 valence electrons.